The molecule has 0 aliphatic carbocycles. The molecule has 0 saturated carbocycles. The number of thioether (sulfide) groups is 1. The van der Waals surface area contributed by atoms with Crippen LogP contribution < -0.4 is 0 Å². The molecule has 1 nitrogen and oxygen atoms in total. The topological polar surface area (TPSA) is 3.24 Å². The molecule has 14 heavy (non-hydrogen) atoms. The fraction of sp³-hybridized carbons (Fsp3) is 1.00. The molecule has 1 atom stereocenters. The molecule has 1 aliphatic rings. The van der Waals surface area contributed by atoms with Crippen LogP contribution in [0.15, 0.2) is 0 Å². The van der Waals surface area contributed by atoms with Crippen molar-refractivity contribution in [2.75, 3.05) is 30.5 Å². The van der Waals surface area contributed by atoms with Gasteiger partial charge in [0.2, 0.25) is 0 Å². The second kappa shape index (κ2) is 7.84. The maximum atomic E-state index is 5.97. The number of nitrogens with zero attached hydrogens (tertiary/aromatic N) is 1. The van der Waals surface area contributed by atoms with Crippen LogP contribution in [0.2, 0.25) is 0 Å². The average molecular weight is 236 g/mol. The summed E-state index contributed by atoms with van der Waals surface area (Å²) >= 11 is 8.01. The molecule has 84 valence electrons. The molecule has 0 spiro atoms. The van der Waals surface area contributed by atoms with Gasteiger partial charge in [-0.1, -0.05) is 13.3 Å². The molecule has 0 aromatic rings. The Morgan fingerprint density at radius 1 is 1.43 bits per heavy atom. The van der Waals surface area contributed by atoms with E-state index in [1.807, 2.05) is 11.8 Å². The minimum atomic E-state index is 0.664. The summed E-state index contributed by atoms with van der Waals surface area (Å²) in [5, 5.41) is 0. The van der Waals surface area contributed by atoms with Crippen LogP contribution in [0, 0.1) is 0 Å². The zero-order chi connectivity index (χ0) is 10.2. The molecular weight excluding hydrogens is 214 g/mol. The fourth-order valence-corrected chi connectivity index (χ4v) is 3.01. The molecule has 0 amide bonds. The Kier molecular flexibility index (Phi) is 7.09. The molecule has 0 aromatic heterocycles. The van der Waals surface area contributed by atoms with E-state index in [-0.39, 0.29) is 0 Å². The summed E-state index contributed by atoms with van der Waals surface area (Å²) in [4.78, 5) is 2.59. The zero-order valence-corrected chi connectivity index (χ0v) is 10.7. The summed E-state index contributed by atoms with van der Waals surface area (Å²) in [5.41, 5.74) is 0. The normalized spacial score (nSPS) is 24.0. The number of hydrogen-bond donors (Lipinski definition) is 0. The summed E-state index contributed by atoms with van der Waals surface area (Å²) in [6.45, 7) is 4.76. The van der Waals surface area contributed by atoms with Crippen molar-refractivity contribution in [3.8, 4) is 0 Å². The van der Waals surface area contributed by atoms with E-state index in [1.165, 1.54) is 50.3 Å². The van der Waals surface area contributed by atoms with Crippen LogP contribution in [0.3, 0.4) is 0 Å². The lowest BCUT2D eigenvalue weighted by molar-refractivity contribution is 0.164. The third-order valence-electron chi connectivity index (χ3n) is 2.87. The van der Waals surface area contributed by atoms with Crippen LogP contribution in [0.5, 0.6) is 0 Å². The first-order valence-corrected chi connectivity index (χ1v) is 7.45. The second-order valence-electron chi connectivity index (χ2n) is 3.89. The smallest absolute Gasteiger partial charge is 0.0379 e. The van der Waals surface area contributed by atoms with E-state index in [9.17, 15) is 0 Å². The molecule has 1 heterocycles. The monoisotopic (exact) mass is 235 g/mol. The maximum absolute atomic E-state index is 5.97. The van der Waals surface area contributed by atoms with E-state index in [0.29, 0.717) is 6.04 Å². The number of likely N-dealkylation sites (tertiary alicyclic amines) is 1. The van der Waals surface area contributed by atoms with Gasteiger partial charge >= 0.3 is 0 Å². The van der Waals surface area contributed by atoms with Crippen molar-refractivity contribution in [2.45, 2.75) is 38.6 Å². The Labute approximate surface area is 97.6 Å². The van der Waals surface area contributed by atoms with Gasteiger partial charge in [-0.3, -0.25) is 4.90 Å². The number of hydrogen-bond acceptors (Lipinski definition) is 2. The Hall–Kier alpha value is 0.600. The van der Waals surface area contributed by atoms with Crippen molar-refractivity contribution in [1.29, 1.82) is 0 Å². The highest BCUT2D eigenvalue weighted by Crippen LogP contribution is 2.18. The van der Waals surface area contributed by atoms with E-state index < -0.39 is 0 Å². The number of piperidine rings is 1. The third-order valence-corrected chi connectivity index (χ3v) is 4.21. The highest BCUT2D eigenvalue weighted by Gasteiger charge is 2.20. The van der Waals surface area contributed by atoms with Gasteiger partial charge in [-0.05, 0) is 43.9 Å². The fourth-order valence-electron chi connectivity index (χ4n) is 2.04. The van der Waals surface area contributed by atoms with Gasteiger partial charge in [-0.25, -0.2) is 0 Å². The van der Waals surface area contributed by atoms with Gasteiger partial charge in [-0.2, -0.15) is 11.8 Å². The van der Waals surface area contributed by atoms with Crippen LogP contribution >= 0.6 is 23.4 Å². The molecule has 0 aromatic carbocycles. The summed E-state index contributed by atoms with van der Waals surface area (Å²) in [6, 6.07) is 0.664. The molecule has 0 radical (unpaired) electrons. The number of rotatable bonds is 6. The first-order valence-electron chi connectivity index (χ1n) is 5.76. The quantitative estimate of drug-likeness (QED) is 0.514. The van der Waals surface area contributed by atoms with Crippen molar-refractivity contribution >= 4 is 23.4 Å². The summed E-state index contributed by atoms with van der Waals surface area (Å²) in [5.74, 6) is 3.38. The standard InChI is InChI=1S/C11H22ClNS/c1-2-14-9-5-8-13-7-4-3-6-11(13)10-12/h11H,2-10H2,1H3. The van der Waals surface area contributed by atoms with E-state index >= 15 is 0 Å². The van der Waals surface area contributed by atoms with E-state index in [0.717, 1.165) is 5.88 Å². The first kappa shape index (κ1) is 12.7. The molecule has 1 saturated heterocycles. The van der Waals surface area contributed by atoms with Gasteiger partial charge in [0.25, 0.3) is 0 Å². The van der Waals surface area contributed by atoms with Gasteiger partial charge in [0, 0.05) is 11.9 Å². The van der Waals surface area contributed by atoms with Gasteiger partial charge in [0.1, 0.15) is 0 Å². The van der Waals surface area contributed by atoms with Crippen LogP contribution in [-0.4, -0.2) is 41.4 Å². The third kappa shape index (κ3) is 4.41. The van der Waals surface area contributed by atoms with Gasteiger partial charge in [-0.15, -0.1) is 11.6 Å². The highest BCUT2D eigenvalue weighted by atomic mass is 35.5. The van der Waals surface area contributed by atoms with Crippen molar-refractivity contribution in [2.24, 2.45) is 0 Å². The van der Waals surface area contributed by atoms with Gasteiger partial charge in [0.15, 0.2) is 0 Å². The Morgan fingerprint density at radius 3 is 3.00 bits per heavy atom. The van der Waals surface area contributed by atoms with Crippen LogP contribution in [0.25, 0.3) is 0 Å². The van der Waals surface area contributed by atoms with E-state index in [4.69, 9.17) is 11.6 Å². The predicted molar refractivity (Wildman–Crippen MR) is 67.5 cm³/mol. The SMILES string of the molecule is CCSCCCN1CCCCC1CCl. The zero-order valence-electron chi connectivity index (χ0n) is 9.17. The van der Waals surface area contributed by atoms with Gasteiger partial charge < -0.3 is 0 Å². The minimum absolute atomic E-state index is 0.664. The molecule has 1 unspecified atom stereocenters. The molecule has 0 N–H and O–H groups in total. The van der Waals surface area contributed by atoms with Crippen molar-refractivity contribution in [1.82, 2.24) is 4.90 Å². The average Bonchev–Trinajstić information content (AvgIpc) is 2.25. The largest absolute Gasteiger partial charge is 0.299 e. The van der Waals surface area contributed by atoms with Crippen molar-refractivity contribution in [3.63, 3.8) is 0 Å². The summed E-state index contributed by atoms with van der Waals surface area (Å²) < 4.78 is 0. The highest BCUT2D eigenvalue weighted by molar-refractivity contribution is 7.99. The lowest BCUT2D eigenvalue weighted by Crippen LogP contribution is -2.41. The number of alkyl halides is 1. The molecule has 1 aliphatic heterocycles. The molecule has 3 heteroatoms. The van der Waals surface area contributed by atoms with E-state index in [2.05, 4.69) is 11.8 Å². The molecule has 0 bridgehead atoms. The minimum Gasteiger partial charge on any atom is -0.299 e. The van der Waals surface area contributed by atoms with Crippen LogP contribution in [0.1, 0.15) is 32.6 Å². The Balaban J connectivity index is 2.13. The predicted octanol–water partition coefficient (Wildman–Crippen LogP) is 3.22. The Bertz CT molecular complexity index is 143. The van der Waals surface area contributed by atoms with Crippen LogP contribution in [0.4, 0.5) is 0 Å². The summed E-state index contributed by atoms with van der Waals surface area (Å²) in [6.07, 6.45) is 5.38. The van der Waals surface area contributed by atoms with Gasteiger partial charge in [0.05, 0.1) is 0 Å². The molecule has 1 fully saturated rings. The second-order valence-corrected chi connectivity index (χ2v) is 5.59. The van der Waals surface area contributed by atoms with E-state index in [1.54, 1.807) is 0 Å². The summed E-state index contributed by atoms with van der Waals surface area (Å²) in [7, 11) is 0. The first-order chi connectivity index (χ1) is 6.88. The molecular formula is C11H22ClNS. The lowest BCUT2D eigenvalue weighted by Gasteiger charge is -2.34. The molecule has 1 rings (SSSR count). The lowest BCUT2D eigenvalue weighted by atomic mass is 10.0. The maximum Gasteiger partial charge on any atom is 0.0379 e. The van der Waals surface area contributed by atoms with Crippen LogP contribution in [-0.2, 0) is 0 Å². The number of halogens is 1. The Morgan fingerprint density at radius 2 is 2.29 bits per heavy atom. The van der Waals surface area contributed by atoms with Crippen molar-refractivity contribution in [3.05, 3.63) is 0 Å². The van der Waals surface area contributed by atoms with Crippen molar-refractivity contribution < 1.29 is 0 Å².